The predicted octanol–water partition coefficient (Wildman–Crippen LogP) is 0.777. The molecule has 0 saturated carbocycles. The van der Waals surface area contributed by atoms with Gasteiger partial charge in [-0.1, -0.05) is 30.3 Å². The molecule has 0 aliphatic rings. The Morgan fingerprint density at radius 2 is 1.67 bits per heavy atom. The molecule has 1 aromatic heterocycles. The Morgan fingerprint density at radius 3 is 2.24 bits per heavy atom. The number of hydrogen-bond donors (Lipinski definition) is 0. The molecule has 0 bridgehead atoms. The van der Waals surface area contributed by atoms with Gasteiger partial charge in [0.2, 0.25) is 0 Å². The largest absolute Gasteiger partial charge is 0.353 e. The lowest BCUT2D eigenvalue weighted by Gasteiger charge is -2.10. The van der Waals surface area contributed by atoms with E-state index in [1.807, 2.05) is 30.3 Å². The second-order valence-electron chi connectivity index (χ2n) is 4.74. The van der Waals surface area contributed by atoms with E-state index in [2.05, 4.69) is 0 Å². The van der Waals surface area contributed by atoms with Crippen LogP contribution < -0.4 is 11.2 Å². The average molecular weight is 289 g/mol. The number of aromatic nitrogens is 2. The summed E-state index contributed by atoms with van der Waals surface area (Å²) in [4.78, 5) is 34.2. The molecule has 2 rings (SSSR count). The zero-order chi connectivity index (χ0) is 15.6. The molecular weight excluding hydrogens is 274 g/mol. The Kier molecular flexibility index (Phi) is 4.02. The van der Waals surface area contributed by atoms with Gasteiger partial charge in [-0.15, -0.1) is 0 Å². The third kappa shape index (κ3) is 2.76. The van der Waals surface area contributed by atoms with Gasteiger partial charge in [-0.3, -0.25) is 24.0 Å². The SMILES string of the molecule is Cn1c(CCc2ccccc2)c([N+](=O)[O-])c(=O)n(C)c1=O. The summed E-state index contributed by atoms with van der Waals surface area (Å²) >= 11 is 0. The minimum Gasteiger partial charge on any atom is -0.294 e. The van der Waals surface area contributed by atoms with Crippen LogP contribution in [0.3, 0.4) is 0 Å². The van der Waals surface area contributed by atoms with E-state index in [0.717, 1.165) is 10.1 Å². The molecule has 0 unspecified atom stereocenters. The highest BCUT2D eigenvalue weighted by Crippen LogP contribution is 2.14. The van der Waals surface area contributed by atoms with Crippen LogP contribution in [0.25, 0.3) is 0 Å². The van der Waals surface area contributed by atoms with E-state index in [-0.39, 0.29) is 12.1 Å². The van der Waals surface area contributed by atoms with Crippen LogP contribution in [0.15, 0.2) is 39.9 Å². The molecule has 0 N–H and O–H groups in total. The second-order valence-corrected chi connectivity index (χ2v) is 4.74. The first-order chi connectivity index (χ1) is 9.93. The topological polar surface area (TPSA) is 87.1 Å². The number of aryl methyl sites for hydroxylation is 1. The van der Waals surface area contributed by atoms with Gasteiger partial charge in [0.25, 0.3) is 0 Å². The summed E-state index contributed by atoms with van der Waals surface area (Å²) in [6, 6.07) is 9.40. The van der Waals surface area contributed by atoms with Crippen LogP contribution >= 0.6 is 0 Å². The van der Waals surface area contributed by atoms with Gasteiger partial charge >= 0.3 is 16.9 Å². The third-order valence-electron chi connectivity index (χ3n) is 3.44. The summed E-state index contributed by atoms with van der Waals surface area (Å²) in [6.45, 7) is 0. The van der Waals surface area contributed by atoms with Gasteiger partial charge in [0.05, 0.1) is 4.92 Å². The molecule has 110 valence electrons. The van der Waals surface area contributed by atoms with Gasteiger partial charge < -0.3 is 0 Å². The van der Waals surface area contributed by atoms with E-state index < -0.39 is 21.9 Å². The van der Waals surface area contributed by atoms with Gasteiger partial charge in [0, 0.05) is 14.1 Å². The highest BCUT2D eigenvalue weighted by molar-refractivity contribution is 5.34. The lowest BCUT2D eigenvalue weighted by Crippen LogP contribution is -2.40. The molecule has 7 heteroatoms. The third-order valence-corrected chi connectivity index (χ3v) is 3.44. The Morgan fingerprint density at radius 1 is 1.05 bits per heavy atom. The van der Waals surface area contributed by atoms with Crippen molar-refractivity contribution in [1.82, 2.24) is 9.13 Å². The van der Waals surface area contributed by atoms with Crippen molar-refractivity contribution in [2.45, 2.75) is 12.8 Å². The van der Waals surface area contributed by atoms with Crippen LogP contribution in [0.5, 0.6) is 0 Å². The maximum absolute atomic E-state index is 11.9. The summed E-state index contributed by atoms with van der Waals surface area (Å²) in [5, 5.41) is 11.1. The Labute approximate surface area is 120 Å². The zero-order valence-electron chi connectivity index (χ0n) is 11.8. The minimum absolute atomic E-state index is 0.150. The quantitative estimate of drug-likeness (QED) is 0.614. The molecule has 0 radical (unpaired) electrons. The normalized spacial score (nSPS) is 10.6. The number of benzene rings is 1. The van der Waals surface area contributed by atoms with Gasteiger partial charge in [-0.05, 0) is 18.4 Å². The van der Waals surface area contributed by atoms with E-state index in [4.69, 9.17) is 0 Å². The van der Waals surface area contributed by atoms with Crippen LogP contribution in [-0.2, 0) is 26.9 Å². The summed E-state index contributed by atoms with van der Waals surface area (Å²) in [6.07, 6.45) is 0.768. The summed E-state index contributed by atoms with van der Waals surface area (Å²) in [5.74, 6) is 0. The summed E-state index contributed by atoms with van der Waals surface area (Å²) in [5.41, 5.74) is -0.827. The van der Waals surface area contributed by atoms with Crippen LogP contribution in [0.4, 0.5) is 5.69 Å². The molecule has 0 fully saturated rings. The first-order valence-corrected chi connectivity index (χ1v) is 6.40. The van der Waals surface area contributed by atoms with Crippen LogP contribution in [0, 0.1) is 10.1 Å². The molecule has 0 amide bonds. The molecular formula is C14H15N3O4. The average Bonchev–Trinajstić information content (AvgIpc) is 2.48. The molecule has 21 heavy (non-hydrogen) atoms. The van der Waals surface area contributed by atoms with Crippen molar-refractivity contribution in [2.24, 2.45) is 14.1 Å². The lowest BCUT2D eigenvalue weighted by atomic mass is 10.1. The molecule has 0 atom stereocenters. The number of hydrogen-bond acceptors (Lipinski definition) is 4. The van der Waals surface area contributed by atoms with Crippen LogP contribution in [-0.4, -0.2) is 14.1 Å². The Balaban J connectivity index is 2.50. The molecule has 0 saturated heterocycles. The van der Waals surface area contributed by atoms with Gasteiger partial charge in [-0.25, -0.2) is 4.79 Å². The fraction of sp³-hybridized carbons (Fsp3) is 0.286. The number of rotatable bonds is 4. The van der Waals surface area contributed by atoms with Gasteiger partial charge in [0.1, 0.15) is 5.69 Å². The van der Waals surface area contributed by atoms with Crippen LogP contribution in [0.2, 0.25) is 0 Å². The summed E-state index contributed by atoms with van der Waals surface area (Å²) in [7, 11) is 2.67. The minimum atomic E-state index is -0.869. The maximum Gasteiger partial charge on any atom is 0.353 e. The first kappa shape index (κ1) is 14.7. The molecule has 2 aromatic rings. The van der Waals surface area contributed by atoms with Crippen molar-refractivity contribution < 1.29 is 4.92 Å². The van der Waals surface area contributed by atoms with Crippen LogP contribution in [0.1, 0.15) is 11.3 Å². The number of nitro groups is 1. The maximum atomic E-state index is 11.9. The zero-order valence-corrected chi connectivity index (χ0v) is 11.8. The van der Waals surface area contributed by atoms with Crippen molar-refractivity contribution >= 4 is 5.69 Å². The van der Waals surface area contributed by atoms with Crippen molar-refractivity contribution in [2.75, 3.05) is 0 Å². The Hall–Kier alpha value is -2.70. The van der Waals surface area contributed by atoms with Gasteiger partial charge in [-0.2, -0.15) is 0 Å². The highest BCUT2D eigenvalue weighted by atomic mass is 16.6. The van der Waals surface area contributed by atoms with Crippen molar-refractivity contribution in [3.8, 4) is 0 Å². The van der Waals surface area contributed by atoms with E-state index in [0.29, 0.717) is 6.42 Å². The second kappa shape index (κ2) is 5.74. The molecule has 1 aromatic carbocycles. The van der Waals surface area contributed by atoms with E-state index >= 15 is 0 Å². The lowest BCUT2D eigenvalue weighted by molar-refractivity contribution is -0.387. The summed E-state index contributed by atoms with van der Waals surface area (Å²) < 4.78 is 1.92. The first-order valence-electron chi connectivity index (χ1n) is 6.40. The molecule has 1 heterocycles. The van der Waals surface area contributed by atoms with Crippen molar-refractivity contribution in [3.05, 3.63) is 72.5 Å². The van der Waals surface area contributed by atoms with E-state index in [9.17, 15) is 19.7 Å². The molecule has 0 aliphatic heterocycles. The molecule has 7 nitrogen and oxygen atoms in total. The molecule has 0 aliphatic carbocycles. The van der Waals surface area contributed by atoms with Crippen molar-refractivity contribution in [3.63, 3.8) is 0 Å². The smallest absolute Gasteiger partial charge is 0.294 e. The van der Waals surface area contributed by atoms with E-state index in [1.165, 1.54) is 18.7 Å². The highest BCUT2D eigenvalue weighted by Gasteiger charge is 2.24. The standard InChI is InChI=1S/C14H15N3O4/c1-15-11(9-8-10-6-4-3-5-7-10)12(17(20)21)13(18)16(2)14(15)19/h3-7H,8-9H2,1-2H3. The fourth-order valence-electron chi connectivity index (χ4n) is 2.25. The monoisotopic (exact) mass is 289 g/mol. The number of nitrogens with zero attached hydrogens (tertiary/aromatic N) is 3. The van der Waals surface area contributed by atoms with Gasteiger partial charge in [0.15, 0.2) is 0 Å². The fourth-order valence-corrected chi connectivity index (χ4v) is 2.25. The molecule has 0 spiro atoms. The predicted molar refractivity (Wildman–Crippen MR) is 77.4 cm³/mol. The van der Waals surface area contributed by atoms with Crippen molar-refractivity contribution in [1.29, 1.82) is 0 Å². The van der Waals surface area contributed by atoms with E-state index in [1.54, 1.807) is 0 Å². The Bertz CT molecular complexity index is 790.